The summed E-state index contributed by atoms with van der Waals surface area (Å²) in [5, 5.41) is 1.02. The van der Waals surface area contributed by atoms with E-state index in [0.717, 1.165) is 15.2 Å². The minimum Gasteiger partial charge on any atom is -0.241 e. The van der Waals surface area contributed by atoms with Crippen LogP contribution in [0.3, 0.4) is 0 Å². The molecule has 0 spiro atoms. The molecule has 1 aromatic heterocycles. The molecule has 0 saturated heterocycles. The first kappa shape index (κ1) is 15.4. The molecule has 2 aromatic rings. The molecule has 0 bridgehead atoms. The van der Waals surface area contributed by atoms with Gasteiger partial charge in [0.2, 0.25) is 10.0 Å². The zero-order valence-corrected chi connectivity index (χ0v) is 13.4. The minimum absolute atomic E-state index is 0.00534. The molecule has 1 N–H and O–H groups in total. The lowest BCUT2D eigenvalue weighted by molar-refractivity contribution is 0.577. The van der Waals surface area contributed by atoms with E-state index in [-0.39, 0.29) is 16.7 Å². The second-order valence-corrected chi connectivity index (χ2v) is 7.95. The van der Waals surface area contributed by atoms with Crippen LogP contribution < -0.4 is 4.72 Å². The van der Waals surface area contributed by atoms with Crippen molar-refractivity contribution >= 4 is 43.2 Å². The molecule has 1 heterocycles. The van der Waals surface area contributed by atoms with Gasteiger partial charge in [0.1, 0.15) is 0 Å². The van der Waals surface area contributed by atoms with E-state index in [1.54, 1.807) is 11.3 Å². The van der Waals surface area contributed by atoms with Crippen molar-refractivity contribution < 1.29 is 8.42 Å². The maximum Gasteiger partial charge on any atom is 0.216 e. The fourth-order valence-electron chi connectivity index (χ4n) is 1.70. The zero-order chi connectivity index (χ0) is 14.8. The maximum absolute atomic E-state index is 11.7. The van der Waals surface area contributed by atoms with Crippen molar-refractivity contribution in [1.29, 1.82) is 0 Å². The van der Waals surface area contributed by atoms with Gasteiger partial charge in [-0.2, -0.15) is 0 Å². The number of nitrogens with zero attached hydrogens (tertiary/aromatic N) is 1. The Morgan fingerprint density at radius 2 is 2.20 bits per heavy atom. The largest absolute Gasteiger partial charge is 0.241 e. The van der Waals surface area contributed by atoms with Gasteiger partial charge < -0.3 is 0 Å². The van der Waals surface area contributed by atoms with Gasteiger partial charge >= 0.3 is 0 Å². The molecule has 0 aliphatic heterocycles. The highest BCUT2D eigenvalue weighted by molar-refractivity contribution is 7.89. The normalized spacial score (nSPS) is 13.5. The molecule has 7 heteroatoms. The van der Waals surface area contributed by atoms with Crippen molar-refractivity contribution in [3.8, 4) is 0 Å². The monoisotopic (exact) mass is 330 g/mol. The minimum atomic E-state index is -3.42. The predicted octanol–water partition coefficient (Wildman–Crippen LogP) is 3.07. The van der Waals surface area contributed by atoms with Crippen LogP contribution in [0.4, 0.5) is 0 Å². The summed E-state index contributed by atoms with van der Waals surface area (Å²) in [6.07, 6.45) is 0. The van der Waals surface area contributed by atoms with Gasteiger partial charge in [0.25, 0.3) is 0 Å². The lowest BCUT2D eigenvalue weighted by Crippen LogP contribution is -2.29. The topological polar surface area (TPSA) is 59.1 Å². The van der Waals surface area contributed by atoms with Gasteiger partial charge in [0.15, 0.2) is 0 Å². The Labute approximate surface area is 127 Å². The van der Waals surface area contributed by atoms with Crippen molar-refractivity contribution in [3.63, 3.8) is 0 Å². The van der Waals surface area contributed by atoms with E-state index in [2.05, 4.69) is 16.3 Å². The first-order valence-corrected chi connectivity index (χ1v) is 8.88. The van der Waals surface area contributed by atoms with Gasteiger partial charge in [0.05, 0.1) is 21.0 Å². The quantitative estimate of drug-likeness (QED) is 0.885. The standard InChI is InChI=1S/C13H15ClN2O2S2/c1-9(7-15-20(17,18)8-10(2)14)13-16-11-5-3-4-6-12(11)19-13/h3-6,9,15H,2,7-8H2,1H3. The number of nitrogens with one attached hydrogen (secondary N) is 1. The Balaban J connectivity index is 2.05. The van der Waals surface area contributed by atoms with Gasteiger partial charge in [0, 0.05) is 17.5 Å². The summed E-state index contributed by atoms with van der Waals surface area (Å²) in [6, 6.07) is 7.85. The van der Waals surface area contributed by atoms with Crippen molar-refractivity contribution in [2.24, 2.45) is 0 Å². The summed E-state index contributed by atoms with van der Waals surface area (Å²) < 4.78 is 27.0. The molecule has 20 heavy (non-hydrogen) atoms. The number of rotatable bonds is 6. The van der Waals surface area contributed by atoms with Crippen LogP contribution >= 0.6 is 22.9 Å². The second kappa shape index (κ2) is 6.22. The molecular weight excluding hydrogens is 316 g/mol. The fourth-order valence-corrected chi connectivity index (χ4v) is 4.17. The fraction of sp³-hybridized carbons (Fsp3) is 0.308. The van der Waals surface area contributed by atoms with E-state index in [1.165, 1.54) is 0 Å². The highest BCUT2D eigenvalue weighted by atomic mass is 35.5. The van der Waals surface area contributed by atoms with Gasteiger partial charge in [-0.25, -0.2) is 18.1 Å². The van der Waals surface area contributed by atoms with Crippen molar-refractivity contribution in [2.45, 2.75) is 12.8 Å². The smallest absolute Gasteiger partial charge is 0.216 e. The van der Waals surface area contributed by atoms with E-state index >= 15 is 0 Å². The van der Waals surface area contributed by atoms with E-state index in [4.69, 9.17) is 11.6 Å². The molecule has 0 aliphatic rings. The van der Waals surface area contributed by atoms with Crippen molar-refractivity contribution in [2.75, 3.05) is 12.3 Å². The number of halogens is 1. The average Bonchev–Trinajstić information content (AvgIpc) is 2.78. The summed E-state index contributed by atoms with van der Waals surface area (Å²) in [7, 11) is -3.42. The molecular formula is C13H15ClN2O2S2. The van der Waals surface area contributed by atoms with E-state index < -0.39 is 10.0 Å². The van der Waals surface area contributed by atoms with Crippen LogP contribution in [0, 0.1) is 0 Å². The third kappa shape index (κ3) is 4.02. The van der Waals surface area contributed by atoms with Crippen LogP contribution in [0.1, 0.15) is 17.8 Å². The van der Waals surface area contributed by atoms with Crippen LogP contribution in [-0.4, -0.2) is 25.7 Å². The molecule has 0 saturated carbocycles. The predicted molar refractivity (Wildman–Crippen MR) is 84.8 cm³/mol. The first-order valence-electron chi connectivity index (χ1n) is 6.03. The molecule has 1 atom stereocenters. The molecule has 2 rings (SSSR count). The van der Waals surface area contributed by atoms with Crippen LogP contribution in [0.25, 0.3) is 10.2 Å². The zero-order valence-electron chi connectivity index (χ0n) is 11.0. The SMILES string of the molecule is C=C(Cl)CS(=O)(=O)NCC(C)c1nc2ccccc2s1. The van der Waals surface area contributed by atoms with Crippen LogP contribution in [0.2, 0.25) is 0 Å². The molecule has 0 radical (unpaired) electrons. The number of benzene rings is 1. The van der Waals surface area contributed by atoms with Crippen LogP contribution in [-0.2, 0) is 10.0 Å². The Hall–Kier alpha value is -0.950. The van der Waals surface area contributed by atoms with Gasteiger partial charge in [-0.15, -0.1) is 11.3 Å². The first-order chi connectivity index (χ1) is 9.37. The number of para-hydroxylation sites is 1. The van der Waals surface area contributed by atoms with E-state index in [1.807, 2.05) is 31.2 Å². The van der Waals surface area contributed by atoms with Crippen LogP contribution in [0.15, 0.2) is 35.9 Å². The highest BCUT2D eigenvalue weighted by Gasteiger charge is 2.16. The Kier molecular flexibility index (Phi) is 4.80. The molecule has 1 aromatic carbocycles. The number of aromatic nitrogens is 1. The lowest BCUT2D eigenvalue weighted by Gasteiger charge is -2.10. The molecule has 108 valence electrons. The van der Waals surface area contributed by atoms with Gasteiger partial charge in [-0.05, 0) is 12.1 Å². The molecule has 1 unspecified atom stereocenters. The summed E-state index contributed by atoms with van der Waals surface area (Å²) >= 11 is 7.10. The van der Waals surface area contributed by atoms with Gasteiger partial charge in [-0.3, -0.25) is 0 Å². The van der Waals surface area contributed by atoms with E-state index in [9.17, 15) is 8.42 Å². The Morgan fingerprint density at radius 3 is 2.85 bits per heavy atom. The van der Waals surface area contributed by atoms with Crippen molar-refractivity contribution in [1.82, 2.24) is 9.71 Å². The number of hydrogen-bond donors (Lipinski definition) is 1. The second-order valence-electron chi connectivity index (χ2n) is 4.55. The molecule has 0 aliphatic carbocycles. The summed E-state index contributed by atoms with van der Waals surface area (Å²) in [5.41, 5.74) is 0.941. The summed E-state index contributed by atoms with van der Waals surface area (Å²) in [5.74, 6) is -0.257. The average molecular weight is 331 g/mol. The highest BCUT2D eigenvalue weighted by Crippen LogP contribution is 2.26. The molecule has 0 amide bonds. The van der Waals surface area contributed by atoms with Crippen LogP contribution in [0.5, 0.6) is 0 Å². The third-order valence-corrected chi connectivity index (χ3v) is 5.58. The third-order valence-electron chi connectivity index (χ3n) is 2.69. The van der Waals surface area contributed by atoms with Crippen molar-refractivity contribution in [3.05, 3.63) is 40.9 Å². The molecule has 0 fully saturated rings. The number of thiazole rings is 1. The maximum atomic E-state index is 11.7. The lowest BCUT2D eigenvalue weighted by atomic mass is 10.2. The number of fused-ring (bicyclic) bond motifs is 1. The number of hydrogen-bond acceptors (Lipinski definition) is 4. The summed E-state index contributed by atoms with van der Waals surface area (Å²) in [4.78, 5) is 4.51. The van der Waals surface area contributed by atoms with E-state index in [0.29, 0.717) is 6.54 Å². The summed E-state index contributed by atoms with van der Waals surface area (Å²) in [6.45, 7) is 5.63. The van der Waals surface area contributed by atoms with Gasteiger partial charge in [-0.1, -0.05) is 37.2 Å². The Morgan fingerprint density at radius 1 is 1.50 bits per heavy atom. The Bertz CT molecular complexity index is 692. The molecule has 4 nitrogen and oxygen atoms in total. The number of sulfonamides is 1.